The molecule has 0 fully saturated rings. The van der Waals surface area contributed by atoms with Crippen LogP contribution in [-0.2, 0) is 0 Å². The number of aromatic nitrogens is 3. The van der Waals surface area contributed by atoms with Crippen molar-refractivity contribution in [2.75, 3.05) is 10.6 Å². The first-order valence-electron chi connectivity index (χ1n) is 9.68. The molecule has 0 amide bonds. The van der Waals surface area contributed by atoms with Crippen molar-refractivity contribution in [3.63, 3.8) is 0 Å². The number of nitrogens with one attached hydrogen (secondary N) is 2. The summed E-state index contributed by atoms with van der Waals surface area (Å²) in [6.07, 6.45) is 1.29. The Bertz CT molecular complexity index is 1150. The summed E-state index contributed by atoms with van der Waals surface area (Å²) in [6, 6.07) is 24.5. The molecule has 2 heterocycles. The van der Waals surface area contributed by atoms with Gasteiger partial charge in [-0.3, -0.25) is 10.1 Å². The molecule has 8 heteroatoms. The predicted molar refractivity (Wildman–Crippen MR) is 119 cm³/mol. The molecule has 0 atom stereocenters. The molecule has 2 aromatic heterocycles. The molecule has 0 aliphatic heterocycles. The van der Waals surface area contributed by atoms with Gasteiger partial charge in [0.2, 0.25) is 11.6 Å². The van der Waals surface area contributed by atoms with Crippen LogP contribution in [0.1, 0.15) is 22.9 Å². The topological polar surface area (TPSA) is 106 Å². The van der Waals surface area contributed by atoms with Gasteiger partial charge in [-0.1, -0.05) is 66.7 Å². The van der Waals surface area contributed by atoms with Crippen LogP contribution < -0.4 is 10.6 Å². The number of nitro groups is 1. The van der Waals surface area contributed by atoms with Gasteiger partial charge in [0.1, 0.15) is 12.1 Å². The molecular formula is C23H20N6O2. The maximum atomic E-state index is 12.0. The van der Waals surface area contributed by atoms with Gasteiger partial charge >= 0.3 is 5.69 Å². The number of aryl methyl sites for hydroxylation is 1. The van der Waals surface area contributed by atoms with E-state index in [0.29, 0.717) is 5.82 Å². The molecule has 0 radical (unpaired) electrons. The maximum absolute atomic E-state index is 12.0. The van der Waals surface area contributed by atoms with E-state index in [-0.39, 0.29) is 23.4 Å². The summed E-state index contributed by atoms with van der Waals surface area (Å²) in [5.41, 5.74) is 2.45. The normalized spacial score (nSPS) is 10.6. The molecule has 0 aliphatic rings. The highest BCUT2D eigenvalue weighted by molar-refractivity contribution is 5.73. The van der Waals surface area contributed by atoms with E-state index in [1.165, 1.54) is 6.33 Å². The number of rotatable bonds is 7. The Hall–Kier alpha value is -4.33. The molecule has 0 spiro atoms. The summed E-state index contributed by atoms with van der Waals surface area (Å²) in [6.45, 7) is 1.84. The maximum Gasteiger partial charge on any atom is 0.353 e. The van der Waals surface area contributed by atoms with E-state index in [4.69, 9.17) is 0 Å². The SMILES string of the molecule is Cc1cccc(Nc2ncnc(NC(c3ccccc3)c3ccccc3)c2[N+](=O)[O-])n1. The smallest absolute Gasteiger partial charge is 0.353 e. The lowest BCUT2D eigenvalue weighted by Crippen LogP contribution is -2.15. The number of hydrogen-bond acceptors (Lipinski definition) is 7. The molecule has 2 N–H and O–H groups in total. The minimum atomic E-state index is -0.493. The van der Waals surface area contributed by atoms with Gasteiger partial charge in [-0.25, -0.2) is 15.0 Å². The van der Waals surface area contributed by atoms with Crippen LogP contribution >= 0.6 is 0 Å². The Morgan fingerprint density at radius 2 is 1.45 bits per heavy atom. The summed E-state index contributed by atoms with van der Waals surface area (Å²) in [4.78, 5) is 24.1. The molecule has 2 aromatic carbocycles. The van der Waals surface area contributed by atoms with Crippen LogP contribution in [0.4, 0.5) is 23.1 Å². The van der Waals surface area contributed by atoms with Crippen molar-refractivity contribution in [2.24, 2.45) is 0 Å². The van der Waals surface area contributed by atoms with Gasteiger partial charge in [-0.15, -0.1) is 0 Å². The highest BCUT2D eigenvalue weighted by atomic mass is 16.6. The van der Waals surface area contributed by atoms with Gasteiger partial charge in [0.15, 0.2) is 0 Å². The average molecular weight is 412 g/mol. The van der Waals surface area contributed by atoms with E-state index < -0.39 is 4.92 Å². The van der Waals surface area contributed by atoms with Gasteiger partial charge in [0.25, 0.3) is 0 Å². The monoisotopic (exact) mass is 412 g/mol. The van der Waals surface area contributed by atoms with Crippen LogP contribution in [0.25, 0.3) is 0 Å². The lowest BCUT2D eigenvalue weighted by atomic mass is 9.99. The minimum absolute atomic E-state index is 0.0699. The molecule has 8 nitrogen and oxygen atoms in total. The Labute approximate surface area is 179 Å². The van der Waals surface area contributed by atoms with Gasteiger partial charge in [-0.2, -0.15) is 0 Å². The molecule has 0 saturated heterocycles. The van der Waals surface area contributed by atoms with Crippen LogP contribution in [0.5, 0.6) is 0 Å². The van der Waals surface area contributed by atoms with Crippen LogP contribution in [0.3, 0.4) is 0 Å². The third-order valence-corrected chi connectivity index (χ3v) is 4.69. The summed E-state index contributed by atoms with van der Waals surface area (Å²) in [5, 5.41) is 18.2. The molecule has 0 saturated carbocycles. The van der Waals surface area contributed by atoms with Gasteiger partial charge in [-0.05, 0) is 30.2 Å². The lowest BCUT2D eigenvalue weighted by molar-refractivity contribution is -0.383. The van der Waals surface area contributed by atoms with Crippen LogP contribution in [0.2, 0.25) is 0 Å². The van der Waals surface area contributed by atoms with E-state index in [0.717, 1.165) is 16.8 Å². The van der Waals surface area contributed by atoms with Crippen molar-refractivity contribution in [3.05, 3.63) is 112 Å². The van der Waals surface area contributed by atoms with Gasteiger partial charge in [0, 0.05) is 5.69 Å². The van der Waals surface area contributed by atoms with Crippen LogP contribution in [0.15, 0.2) is 85.2 Å². The van der Waals surface area contributed by atoms with Crippen LogP contribution in [-0.4, -0.2) is 19.9 Å². The van der Waals surface area contributed by atoms with E-state index >= 15 is 0 Å². The number of pyridine rings is 1. The summed E-state index contributed by atoms with van der Waals surface area (Å²) < 4.78 is 0. The standard InChI is InChI=1S/C23H20N6O2/c1-16-9-8-14-19(26-16)27-22-21(29(30)31)23(25-15-24-22)28-20(17-10-4-2-5-11-17)18-12-6-3-7-13-18/h2-15,20H,1H3,(H2,24,25,26,27,28). The molecule has 4 rings (SSSR count). The second-order valence-electron chi connectivity index (χ2n) is 6.86. The van der Waals surface area contributed by atoms with E-state index in [1.807, 2.05) is 79.7 Å². The number of nitrogens with zero attached hydrogens (tertiary/aromatic N) is 4. The molecule has 154 valence electrons. The quantitative estimate of drug-likeness (QED) is 0.324. The first-order valence-corrected chi connectivity index (χ1v) is 9.68. The number of anilines is 3. The minimum Gasteiger partial charge on any atom is -0.353 e. The van der Waals surface area contributed by atoms with E-state index in [9.17, 15) is 10.1 Å². The van der Waals surface area contributed by atoms with Crippen molar-refractivity contribution in [1.82, 2.24) is 15.0 Å². The molecule has 31 heavy (non-hydrogen) atoms. The van der Waals surface area contributed by atoms with E-state index in [1.54, 1.807) is 6.07 Å². The second-order valence-corrected chi connectivity index (χ2v) is 6.86. The Morgan fingerprint density at radius 3 is 2.03 bits per heavy atom. The zero-order valence-electron chi connectivity index (χ0n) is 16.8. The van der Waals surface area contributed by atoms with Crippen LogP contribution in [0, 0.1) is 17.0 Å². The molecule has 4 aromatic rings. The fourth-order valence-electron chi connectivity index (χ4n) is 3.27. The molecule has 0 bridgehead atoms. The van der Waals surface area contributed by atoms with E-state index in [2.05, 4.69) is 25.6 Å². The van der Waals surface area contributed by atoms with Gasteiger partial charge < -0.3 is 10.6 Å². The average Bonchev–Trinajstić information content (AvgIpc) is 2.78. The first-order chi connectivity index (χ1) is 15.1. The van der Waals surface area contributed by atoms with Gasteiger partial charge in [0.05, 0.1) is 11.0 Å². The molecular weight excluding hydrogens is 392 g/mol. The number of benzene rings is 2. The third-order valence-electron chi connectivity index (χ3n) is 4.69. The zero-order chi connectivity index (χ0) is 21.6. The van der Waals surface area contributed by atoms with Crippen molar-refractivity contribution >= 4 is 23.1 Å². The highest BCUT2D eigenvalue weighted by Crippen LogP contribution is 2.34. The van der Waals surface area contributed by atoms with Crippen molar-refractivity contribution in [1.29, 1.82) is 0 Å². The lowest BCUT2D eigenvalue weighted by Gasteiger charge is -2.20. The molecule has 0 aliphatic carbocycles. The van der Waals surface area contributed by atoms with Crippen molar-refractivity contribution < 1.29 is 4.92 Å². The predicted octanol–water partition coefficient (Wildman–Crippen LogP) is 5.03. The fourth-order valence-corrected chi connectivity index (χ4v) is 3.27. The number of hydrogen-bond donors (Lipinski definition) is 2. The van der Waals surface area contributed by atoms with Crippen molar-refractivity contribution in [3.8, 4) is 0 Å². The third kappa shape index (κ3) is 4.64. The summed E-state index contributed by atoms with van der Waals surface area (Å²) in [5.74, 6) is 0.656. The molecule has 0 unspecified atom stereocenters. The zero-order valence-corrected chi connectivity index (χ0v) is 16.8. The Kier molecular flexibility index (Phi) is 5.79. The second kappa shape index (κ2) is 9.00. The highest BCUT2D eigenvalue weighted by Gasteiger charge is 2.26. The summed E-state index contributed by atoms with van der Waals surface area (Å²) >= 11 is 0. The fraction of sp³-hybridized carbons (Fsp3) is 0.0870. The first kappa shape index (κ1) is 20.0. The summed E-state index contributed by atoms with van der Waals surface area (Å²) in [7, 11) is 0. The largest absolute Gasteiger partial charge is 0.353 e. The Balaban J connectivity index is 1.75. The van der Waals surface area contributed by atoms with Crippen molar-refractivity contribution in [2.45, 2.75) is 13.0 Å². The Morgan fingerprint density at radius 1 is 0.839 bits per heavy atom.